The number of phenols is 2. The first-order chi connectivity index (χ1) is 14.4. The van der Waals surface area contributed by atoms with Gasteiger partial charge in [0, 0.05) is 0 Å². The molecule has 0 fully saturated rings. The van der Waals surface area contributed by atoms with Crippen LogP contribution in [0.4, 0.5) is 0 Å². The molecule has 0 atom stereocenters. The first-order valence-electron chi connectivity index (χ1n) is 10.3. The molecular weight excluding hydrogens is 460 g/mol. The first-order valence-corrected chi connectivity index (χ1v) is 10.3. The van der Waals surface area contributed by atoms with Gasteiger partial charge in [-0.15, -0.1) is 0 Å². The average molecular weight is 494 g/mol. The van der Waals surface area contributed by atoms with Crippen LogP contribution in [0.5, 0.6) is 11.5 Å². The second-order valence-electron chi connectivity index (χ2n) is 7.42. The van der Waals surface area contributed by atoms with Crippen LogP contribution in [-0.2, 0) is 26.2 Å². The van der Waals surface area contributed by atoms with Crippen molar-refractivity contribution in [3.05, 3.63) is 120 Å². The summed E-state index contributed by atoms with van der Waals surface area (Å²) in [5, 5.41) is 17.9. The smallest absolute Gasteiger partial charge is 0.508 e. The van der Waals surface area contributed by atoms with Gasteiger partial charge in [-0.3, -0.25) is 0 Å². The van der Waals surface area contributed by atoms with Crippen LogP contribution < -0.4 is 0 Å². The molecule has 0 saturated heterocycles. The molecule has 0 aromatic heterocycles. The van der Waals surface area contributed by atoms with Crippen LogP contribution in [0, 0.1) is 0 Å². The number of aromatic hydroxyl groups is 2. The van der Waals surface area contributed by atoms with Crippen molar-refractivity contribution in [3.8, 4) is 11.5 Å². The molecule has 0 bridgehead atoms. The Kier molecular flexibility index (Phi) is 16.0. The standard InChI is InChI=1S/2C9H12O.2C5H5.Zr/c2*1-7(2)8-3-5-9(10)6-4-8;2*1-2-4-5-3-1;/h2*3-7,10H,1-2H3;2*1-5H;/q;;2*-1;+2. The maximum absolute atomic E-state index is 8.94. The predicted octanol–water partition coefficient (Wildman–Crippen LogP) is 7.84. The second-order valence-corrected chi connectivity index (χ2v) is 7.42. The van der Waals surface area contributed by atoms with Gasteiger partial charge in [0.15, 0.2) is 0 Å². The topological polar surface area (TPSA) is 40.5 Å². The Morgan fingerprint density at radius 2 is 0.774 bits per heavy atom. The molecule has 0 heterocycles. The molecule has 0 radical (unpaired) electrons. The minimum Gasteiger partial charge on any atom is -0.508 e. The maximum Gasteiger partial charge on any atom is 2.00 e. The van der Waals surface area contributed by atoms with Gasteiger partial charge < -0.3 is 10.2 Å². The quantitative estimate of drug-likeness (QED) is 0.279. The Bertz CT molecular complexity index is 734. The molecular formula is C28H34O2Zr. The normalized spacial score (nSPS) is 9.23. The van der Waals surface area contributed by atoms with Crippen LogP contribution in [0.1, 0.15) is 50.7 Å². The van der Waals surface area contributed by atoms with E-state index in [4.69, 9.17) is 10.2 Å². The minimum atomic E-state index is 0. The molecule has 0 amide bonds. The summed E-state index contributed by atoms with van der Waals surface area (Å²) in [5.41, 5.74) is 2.52. The summed E-state index contributed by atoms with van der Waals surface area (Å²) < 4.78 is 0. The largest absolute Gasteiger partial charge is 2.00 e. The Hall–Kier alpha value is -2.38. The van der Waals surface area contributed by atoms with Gasteiger partial charge in [-0.25, -0.2) is 24.3 Å². The molecule has 31 heavy (non-hydrogen) atoms. The van der Waals surface area contributed by atoms with E-state index < -0.39 is 0 Å². The molecule has 0 spiro atoms. The van der Waals surface area contributed by atoms with Gasteiger partial charge in [0.2, 0.25) is 0 Å². The Balaban J connectivity index is 0.000000401. The van der Waals surface area contributed by atoms with E-state index in [2.05, 4.69) is 27.7 Å². The molecule has 0 aliphatic carbocycles. The Morgan fingerprint density at radius 3 is 0.935 bits per heavy atom. The van der Waals surface area contributed by atoms with E-state index in [9.17, 15) is 0 Å². The Labute approximate surface area is 207 Å². The summed E-state index contributed by atoms with van der Waals surface area (Å²) in [7, 11) is 0. The van der Waals surface area contributed by atoms with Crippen LogP contribution in [0.2, 0.25) is 0 Å². The molecule has 0 aliphatic rings. The zero-order valence-corrected chi connectivity index (χ0v) is 21.4. The number of hydrogen-bond acceptors (Lipinski definition) is 2. The fourth-order valence-corrected chi connectivity index (χ4v) is 2.36. The maximum atomic E-state index is 8.94. The van der Waals surface area contributed by atoms with Gasteiger partial charge in [-0.2, -0.15) is 36.4 Å². The van der Waals surface area contributed by atoms with E-state index in [1.807, 2.05) is 84.9 Å². The zero-order chi connectivity index (χ0) is 22.2. The molecule has 4 aromatic carbocycles. The van der Waals surface area contributed by atoms with E-state index in [0.717, 1.165) is 0 Å². The minimum absolute atomic E-state index is 0. The van der Waals surface area contributed by atoms with Gasteiger partial charge in [-0.05, 0) is 47.2 Å². The van der Waals surface area contributed by atoms with Crippen molar-refractivity contribution in [3.63, 3.8) is 0 Å². The molecule has 162 valence electrons. The van der Waals surface area contributed by atoms with Crippen molar-refractivity contribution in [2.45, 2.75) is 39.5 Å². The number of benzene rings is 2. The fraction of sp³-hybridized carbons (Fsp3) is 0.214. The molecule has 0 aliphatic heterocycles. The van der Waals surface area contributed by atoms with Crippen molar-refractivity contribution < 1.29 is 36.4 Å². The van der Waals surface area contributed by atoms with Gasteiger partial charge in [0.1, 0.15) is 11.5 Å². The molecule has 3 heteroatoms. The molecule has 4 aromatic rings. The fourth-order valence-electron chi connectivity index (χ4n) is 2.36. The van der Waals surface area contributed by atoms with E-state index >= 15 is 0 Å². The summed E-state index contributed by atoms with van der Waals surface area (Å²) in [4.78, 5) is 0. The third kappa shape index (κ3) is 14.3. The van der Waals surface area contributed by atoms with Crippen LogP contribution in [0.15, 0.2) is 109 Å². The average Bonchev–Trinajstić information content (AvgIpc) is 3.48. The molecule has 0 saturated carbocycles. The van der Waals surface area contributed by atoms with Gasteiger partial charge in [-0.1, -0.05) is 52.0 Å². The van der Waals surface area contributed by atoms with Crippen LogP contribution >= 0.6 is 0 Å². The van der Waals surface area contributed by atoms with Gasteiger partial charge >= 0.3 is 26.2 Å². The molecule has 4 rings (SSSR count). The summed E-state index contributed by atoms with van der Waals surface area (Å²) in [6, 6.07) is 34.6. The monoisotopic (exact) mass is 492 g/mol. The second kappa shape index (κ2) is 17.3. The van der Waals surface area contributed by atoms with Crippen LogP contribution in [-0.4, -0.2) is 10.2 Å². The van der Waals surface area contributed by atoms with Crippen molar-refractivity contribution >= 4 is 0 Å². The first kappa shape index (κ1) is 28.6. The number of phenolic OH excluding ortho intramolecular Hbond substituents is 2. The molecule has 2 N–H and O–H groups in total. The number of rotatable bonds is 2. The number of hydrogen-bond donors (Lipinski definition) is 2. The summed E-state index contributed by atoms with van der Waals surface area (Å²) in [6.07, 6.45) is 0. The van der Waals surface area contributed by atoms with Crippen LogP contribution in [0.25, 0.3) is 0 Å². The zero-order valence-electron chi connectivity index (χ0n) is 18.9. The van der Waals surface area contributed by atoms with E-state index in [1.54, 1.807) is 24.3 Å². The summed E-state index contributed by atoms with van der Waals surface area (Å²) in [6.45, 7) is 8.53. The van der Waals surface area contributed by atoms with E-state index in [-0.39, 0.29) is 26.2 Å². The van der Waals surface area contributed by atoms with Crippen molar-refractivity contribution in [1.82, 2.24) is 0 Å². The van der Waals surface area contributed by atoms with E-state index in [1.165, 1.54) is 11.1 Å². The van der Waals surface area contributed by atoms with Crippen LogP contribution in [0.3, 0.4) is 0 Å². The third-order valence-corrected chi connectivity index (χ3v) is 4.23. The van der Waals surface area contributed by atoms with Crippen molar-refractivity contribution in [2.24, 2.45) is 0 Å². The summed E-state index contributed by atoms with van der Waals surface area (Å²) >= 11 is 0. The third-order valence-electron chi connectivity index (χ3n) is 4.23. The predicted molar refractivity (Wildman–Crippen MR) is 128 cm³/mol. The molecule has 0 unspecified atom stereocenters. The SMILES string of the molecule is CC(C)c1ccc(O)cc1.CC(C)c1ccc(O)cc1.[Zr+2].c1cc[cH-]c1.c1cc[cH-]c1. The Morgan fingerprint density at radius 1 is 0.516 bits per heavy atom. The van der Waals surface area contributed by atoms with E-state index in [0.29, 0.717) is 23.3 Å². The summed E-state index contributed by atoms with van der Waals surface area (Å²) in [5.74, 6) is 1.76. The molecule has 2 nitrogen and oxygen atoms in total. The van der Waals surface area contributed by atoms with Crippen molar-refractivity contribution in [2.75, 3.05) is 0 Å². The van der Waals surface area contributed by atoms with Gasteiger partial charge in [0.25, 0.3) is 0 Å². The van der Waals surface area contributed by atoms with Gasteiger partial charge in [0.05, 0.1) is 0 Å². The van der Waals surface area contributed by atoms with Crippen molar-refractivity contribution in [1.29, 1.82) is 0 Å².